The summed E-state index contributed by atoms with van der Waals surface area (Å²) in [5.41, 5.74) is 0.245. The van der Waals surface area contributed by atoms with Gasteiger partial charge in [0, 0.05) is 13.1 Å². The molecule has 5 nitrogen and oxygen atoms in total. The van der Waals surface area contributed by atoms with Crippen molar-refractivity contribution < 1.29 is 13.9 Å². The molecule has 0 aliphatic heterocycles. The van der Waals surface area contributed by atoms with Crippen LogP contribution in [0.4, 0.5) is 6.01 Å². The zero-order valence-electron chi connectivity index (χ0n) is 12.1. The number of carbonyl (C=O) groups is 1. The van der Waals surface area contributed by atoms with Gasteiger partial charge in [0.15, 0.2) is 5.69 Å². The summed E-state index contributed by atoms with van der Waals surface area (Å²) in [5, 5.41) is 0. The molecule has 1 aromatic heterocycles. The molecule has 0 aromatic carbocycles. The first kappa shape index (κ1) is 15.5. The highest BCUT2D eigenvalue weighted by Crippen LogP contribution is 2.16. The van der Waals surface area contributed by atoms with E-state index < -0.39 is 5.97 Å². The summed E-state index contributed by atoms with van der Waals surface area (Å²) in [6, 6.07) is 0.518. The van der Waals surface area contributed by atoms with Crippen LogP contribution in [-0.4, -0.2) is 30.6 Å². The number of carbonyl (C=O) groups excluding carboxylic acids is 1. The maximum Gasteiger partial charge on any atom is 0.360 e. The SMILES string of the molecule is CCCCN(CCCC)c1nc(C(=O)OCC)co1. The standard InChI is InChI=1S/C14H24N2O3/c1-4-7-9-16(10-8-5-2)14-15-12(11-19-14)13(17)18-6-3/h11H,4-10H2,1-3H3. The molecule has 0 bridgehead atoms. The molecule has 108 valence electrons. The van der Waals surface area contributed by atoms with E-state index in [1.165, 1.54) is 6.26 Å². The summed E-state index contributed by atoms with van der Waals surface area (Å²) in [6.07, 6.45) is 5.78. The highest BCUT2D eigenvalue weighted by atomic mass is 16.5. The van der Waals surface area contributed by atoms with Crippen molar-refractivity contribution in [1.82, 2.24) is 4.98 Å². The Bertz CT molecular complexity index is 369. The number of ether oxygens (including phenoxy) is 1. The number of rotatable bonds is 9. The van der Waals surface area contributed by atoms with Gasteiger partial charge in [0.1, 0.15) is 6.26 Å². The Hall–Kier alpha value is -1.52. The second-order valence-electron chi connectivity index (χ2n) is 4.43. The van der Waals surface area contributed by atoms with Crippen LogP contribution in [0.5, 0.6) is 0 Å². The normalized spacial score (nSPS) is 10.5. The van der Waals surface area contributed by atoms with Crippen molar-refractivity contribution >= 4 is 12.0 Å². The third-order valence-corrected chi connectivity index (χ3v) is 2.81. The van der Waals surface area contributed by atoms with Gasteiger partial charge >= 0.3 is 5.97 Å². The number of aromatic nitrogens is 1. The minimum absolute atomic E-state index is 0.245. The summed E-state index contributed by atoms with van der Waals surface area (Å²) in [7, 11) is 0. The summed E-state index contributed by atoms with van der Waals surface area (Å²) in [5.74, 6) is -0.427. The summed E-state index contributed by atoms with van der Waals surface area (Å²) in [4.78, 5) is 17.9. The van der Waals surface area contributed by atoms with Gasteiger partial charge in [-0.1, -0.05) is 26.7 Å². The number of hydrogen-bond donors (Lipinski definition) is 0. The molecule has 0 aliphatic rings. The second-order valence-corrected chi connectivity index (χ2v) is 4.43. The molecule has 0 saturated carbocycles. The Balaban J connectivity index is 2.69. The second kappa shape index (κ2) is 8.56. The topological polar surface area (TPSA) is 55.6 Å². The Kier molecular flexibility index (Phi) is 7.00. The van der Waals surface area contributed by atoms with E-state index in [1.54, 1.807) is 6.92 Å². The molecule has 1 heterocycles. The van der Waals surface area contributed by atoms with Crippen LogP contribution in [0.15, 0.2) is 10.7 Å². The van der Waals surface area contributed by atoms with Crippen LogP contribution in [0.25, 0.3) is 0 Å². The maximum atomic E-state index is 11.5. The summed E-state index contributed by atoms with van der Waals surface area (Å²) >= 11 is 0. The van der Waals surface area contributed by atoms with Gasteiger partial charge in [0.25, 0.3) is 6.01 Å². The molecule has 19 heavy (non-hydrogen) atoms. The van der Waals surface area contributed by atoms with Crippen LogP contribution >= 0.6 is 0 Å². The van der Waals surface area contributed by atoms with Gasteiger partial charge in [-0.2, -0.15) is 4.98 Å². The van der Waals surface area contributed by atoms with Gasteiger partial charge in [0.05, 0.1) is 6.61 Å². The van der Waals surface area contributed by atoms with Crippen molar-refractivity contribution in [1.29, 1.82) is 0 Å². The fourth-order valence-electron chi connectivity index (χ4n) is 1.71. The van der Waals surface area contributed by atoms with Crippen molar-refractivity contribution in [3.05, 3.63) is 12.0 Å². The van der Waals surface area contributed by atoms with Crippen molar-refractivity contribution in [2.45, 2.75) is 46.5 Å². The van der Waals surface area contributed by atoms with E-state index in [0.717, 1.165) is 38.8 Å². The lowest BCUT2D eigenvalue weighted by atomic mass is 10.3. The minimum Gasteiger partial charge on any atom is -0.461 e. The molecule has 0 N–H and O–H groups in total. The van der Waals surface area contributed by atoms with Crippen LogP contribution in [0, 0.1) is 0 Å². The number of unbranched alkanes of at least 4 members (excludes halogenated alkanes) is 2. The molecule has 0 spiro atoms. The number of oxazole rings is 1. The number of hydrogen-bond acceptors (Lipinski definition) is 5. The molecular weight excluding hydrogens is 244 g/mol. The lowest BCUT2D eigenvalue weighted by Crippen LogP contribution is -2.26. The van der Waals surface area contributed by atoms with E-state index in [4.69, 9.17) is 9.15 Å². The Morgan fingerprint density at radius 3 is 2.42 bits per heavy atom. The Labute approximate surface area is 114 Å². The Morgan fingerprint density at radius 2 is 1.89 bits per heavy atom. The van der Waals surface area contributed by atoms with Gasteiger partial charge in [-0.25, -0.2) is 4.79 Å². The third-order valence-electron chi connectivity index (χ3n) is 2.81. The van der Waals surface area contributed by atoms with E-state index in [-0.39, 0.29) is 5.69 Å². The van der Waals surface area contributed by atoms with E-state index in [0.29, 0.717) is 12.6 Å². The molecule has 0 aliphatic carbocycles. The van der Waals surface area contributed by atoms with E-state index >= 15 is 0 Å². The van der Waals surface area contributed by atoms with Crippen molar-refractivity contribution in [3.63, 3.8) is 0 Å². The smallest absolute Gasteiger partial charge is 0.360 e. The van der Waals surface area contributed by atoms with Crippen LogP contribution in [0.3, 0.4) is 0 Å². The Morgan fingerprint density at radius 1 is 1.26 bits per heavy atom. The fourth-order valence-corrected chi connectivity index (χ4v) is 1.71. The van der Waals surface area contributed by atoms with Gasteiger partial charge in [0.2, 0.25) is 0 Å². The predicted octanol–water partition coefficient (Wildman–Crippen LogP) is 3.26. The van der Waals surface area contributed by atoms with Crippen LogP contribution in [-0.2, 0) is 4.74 Å². The lowest BCUT2D eigenvalue weighted by Gasteiger charge is -2.19. The summed E-state index contributed by atoms with van der Waals surface area (Å²) < 4.78 is 10.3. The molecule has 0 amide bonds. The third kappa shape index (κ3) is 4.93. The van der Waals surface area contributed by atoms with E-state index in [9.17, 15) is 4.79 Å². The van der Waals surface area contributed by atoms with Crippen molar-refractivity contribution in [2.75, 3.05) is 24.6 Å². The van der Waals surface area contributed by atoms with Gasteiger partial charge in [-0.05, 0) is 19.8 Å². The first-order valence-corrected chi connectivity index (χ1v) is 7.10. The van der Waals surface area contributed by atoms with Gasteiger partial charge in [-0.3, -0.25) is 0 Å². The van der Waals surface area contributed by atoms with Gasteiger partial charge in [-0.15, -0.1) is 0 Å². The molecule has 0 radical (unpaired) electrons. The zero-order chi connectivity index (χ0) is 14.1. The fraction of sp³-hybridized carbons (Fsp3) is 0.714. The molecule has 0 atom stereocenters. The minimum atomic E-state index is -0.427. The predicted molar refractivity (Wildman–Crippen MR) is 74.5 cm³/mol. The monoisotopic (exact) mass is 268 g/mol. The molecular formula is C14H24N2O3. The number of anilines is 1. The molecule has 1 aromatic rings. The largest absolute Gasteiger partial charge is 0.461 e. The van der Waals surface area contributed by atoms with Crippen LogP contribution < -0.4 is 4.90 Å². The molecule has 0 fully saturated rings. The zero-order valence-corrected chi connectivity index (χ0v) is 12.1. The van der Waals surface area contributed by atoms with Crippen LogP contribution in [0.2, 0.25) is 0 Å². The summed E-state index contributed by atoms with van der Waals surface area (Å²) in [6.45, 7) is 8.22. The van der Waals surface area contributed by atoms with Crippen LogP contribution in [0.1, 0.15) is 56.9 Å². The first-order valence-electron chi connectivity index (χ1n) is 7.10. The lowest BCUT2D eigenvalue weighted by molar-refractivity contribution is 0.0519. The number of esters is 1. The van der Waals surface area contributed by atoms with Crippen molar-refractivity contribution in [3.8, 4) is 0 Å². The van der Waals surface area contributed by atoms with E-state index in [1.807, 2.05) is 0 Å². The van der Waals surface area contributed by atoms with E-state index in [2.05, 4.69) is 23.7 Å². The average Bonchev–Trinajstić information content (AvgIpc) is 2.89. The average molecular weight is 268 g/mol. The number of nitrogens with zero attached hydrogens (tertiary/aromatic N) is 2. The quantitative estimate of drug-likeness (QED) is 0.643. The molecule has 1 rings (SSSR count). The van der Waals surface area contributed by atoms with Gasteiger partial charge < -0.3 is 14.1 Å². The maximum absolute atomic E-state index is 11.5. The highest BCUT2D eigenvalue weighted by Gasteiger charge is 2.17. The highest BCUT2D eigenvalue weighted by molar-refractivity contribution is 5.87. The molecule has 0 unspecified atom stereocenters. The molecule has 0 saturated heterocycles. The molecule has 5 heteroatoms. The van der Waals surface area contributed by atoms with Crippen molar-refractivity contribution in [2.24, 2.45) is 0 Å². The first-order chi connectivity index (χ1) is 9.22.